The van der Waals surface area contributed by atoms with Gasteiger partial charge in [0.05, 0.1) is 24.8 Å². The van der Waals surface area contributed by atoms with Crippen molar-refractivity contribution in [2.24, 2.45) is 0 Å². The topological polar surface area (TPSA) is 47.3 Å². The largest absolute Gasteiger partial charge is 0.391 e. The summed E-state index contributed by atoms with van der Waals surface area (Å²) in [5, 5.41) is 19.9. The second-order valence-electron chi connectivity index (χ2n) is 4.24. The van der Waals surface area contributed by atoms with E-state index in [4.69, 9.17) is 28.5 Å². The summed E-state index contributed by atoms with van der Waals surface area (Å²) in [6, 6.07) is 5.37. The summed E-state index contributed by atoms with van der Waals surface area (Å²) >= 11 is 12.1. The average molecular weight is 271 g/mol. The fourth-order valence-corrected chi connectivity index (χ4v) is 2.96. The van der Waals surface area contributed by atoms with Gasteiger partial charge in [-0.25, -0.2) is 0 Å². The van der Waals surface area contributed by atoms with Gasteiger partial charge in [-0.1, -0.05) is 23.2 Å². The minimum atomic E-state index is -0.542. The van der Waals surface area contributed by atoms with Crippen molar-refractivity contribution in [3.8, 4) is 6.07 Å². The zero-order chi connectivity index (χ0) is 12.6. The number of benzene rings is 1. The van der Waals surface area contributed by atoms with Crippen LogP contribution >= 0.6 is 23.2 Å². The van der Waals surface area contributed by atoms with Crippen molar-refractivity contribution in [1.82, 2.24) is 4.90 Å². The predicted molar refractivity (Wildman–Crippen MR) is 67.2 cm³/mol. The van der Waals surface area contributed by atoms with Crippen molar-refractivity contribution in [1.29, 1.82) is 5.26 Å². The van der Waals surface area contributed by atoms with Crippen LogP contribution in [-0.4, -0.2) is 29.7 Å². The van der Waals surface area contributed by atoms with E-state index < -0.39 is 6.10 Å². The molecule has 3 nitrogen and oxygen atoms in total. The van der Waals surface area contributed by atoms with E-state index in [0.29, 0.717) is 16.5 Å². The number of rotatable bonds is 2. The fourth-order valence-electron chi connectivity index (χ4n) is 2.37. The van der Waals surface area contributed by atoms with Gasteiger partial charge in [0.25, 0.3) is 0 Å². The van der Waals surface area contributed by atoms with E-state index in [-0.39, 0.29) is 12.6 Å². The maximum Gasteiger partial charge on any atom is 0.0869 e. The summed E-state index contributed by atoms with van der Waals surface area (Å²) in [6.07, 6.45) is -0.0366. The van der Waals surface area contributed by atoms with Crippen LogP contribution < -0.4 is 0 Å². The molecule has 1 aromatic carbocycles. The van der Waals surface area contributed by atoms with Gasteiger partial charge in [0.2, 0.25) is 0 Å². The highest BCUT2D eigenvalue weighted by molar-refractivity contribution is 6.35. The summed E-state index contributed by atoms with van der Waals surface area (Å²) in [6.45, 7) is 0.255. The summed E-state index contributed by atoms with van der Waals surface area (Å²) in [5.41, 5.74) is 1.85. The summed E-state index contributed by atoms with van der Waals surface area (Å²) in [4.78, 5) is 1.81. The molecule has 1 N–H and O–H groups in total. The summed E-state index contributed by atoms with van der Waals surface area (Å²) in [7, 11) is 1.81. The Morgan fingerprint density at radius 2 is 2.24 bits per heavy atom. The number of fused-ring (bicyclic) bond motifs is 1. The normalized spacial score (nSPS) is 22.6. The predicted octanol–water partition coefficient (Wildman–Crippen LogP) is 2.41. The first-order valence-electron chi connectivity index (χ1n) is 5.27. The number of likely N-dealkylation sites (N-methyl/N-ethyl adjacent to an activating group) is 1. The molecule has 0 heterocycles. The molecule has 0 saturated heterocycles. The van der Waals surface area contributed by atoms with Gasteiger partial charge in [0.15, 0.2) is 0 Å². The number of aliphatic hydroxyl groups excluding tert-OH is 1. The molecule has 0 saturated carbocycles. The molecule has 0 radical (unpaired) electrons. The molecule has 5 heteroatoms. The van der Waals surface area contributed by atoms with Crippen LogP contribution in [0.3, 0.4) is 0 Å². The van der Waals surface area contributed by atoms with Crippen LogP contribution in [0.15, 0.2) is 12.1 Å². The summed E-state index contributed by atoms with van der Waals surface area (Å²) in [5.74, 6) is 0. The molecule has 1 aliphatic carbocycles. The Balaban J connectivity index is 2.43. The number of nitriles is 1. The number of hydrogen-bond acceptors (Lipinski definition) is 3. The van der Waals surface area contributed by atoms with E-state index in [2.05, 4.69) is 6.07 Å². The van der Waals surface area contributed by atoms with Crippen molar-refractivity contribution < 1.29 is 5.11 Å². The highest BCUT2D eigenvalue weighted by atomic mass is 35.5. The maximum atomic E-state index is 10.1. The molecule has 2 rings (SSSR count). The smallest absolute Gasteiger partial charge is 0.0869 e. The van der Waals surface area contributed by atoms with Crippen LogP contribution in [0.4, 0.5) is 0 Å². The molecule has 1 aliphatic rings. The number of aliphatic hydroxyl groups is 1. The van der Waals surface area contributed by atoms with E-state index in [1.54, 1.807) is 13.1 Å². The number of hydrogen-bond donors (Lipinski definition) is 1. The molecule has 0 bridgehead atoms. The second-order valence-corrected chi connectivity index (χ2v) is 5.09. The highest BCUT2D eigenvalue weighted by Crippen LogP contribution is 2.40. The van der Waals surface area contributed by atoms with Crippen molar-refractivity contribution >= 4 is 23.2 Å². The van der Waals surface area contributed by atoms with Gasteiger partial charge in [0.1, 0.15) is 0 Å². The monoisotopic (exact) mass is 270 g/mol. The lowest BCUT2D eigenvalue weighted by atomic mass is 10.1. The van der Waals surface area contributed by atoms with Crippen LogP contribution in [0.1, 0.15) is 17.2 Å². The average Bonchev–Trinajstić information content (AvgIpc) is 2.55. The van der Waals surface area contributed by atoms with E-state index in [1.807, 2.05) is 11.0 Å². The Bertz CT molecular complexity index is 484. The fraction of sp³-hybridized carbons (Fsp3) is 0.417. The van der Waals surface area contributed by atoms with E-state index in [1.165, 1.54) is 0 Å². The van der Waals surface area contributed by atoms with Gasteiger partial charge in [-0.2, -0.15) is 5.26 Å². The van der Waals surface area contributed by atoms with Crippen LogP contribution in [0.2, 0.25) is 10.0 Å². The molecule has 2 atom stereocenters. The summed E-state index contributed by atoms with van der Waals surface area (Å²) < 4.78 is 0. The van der Waals surface area contributed by atoms with Crippen molar-refractivity contribution in [3.63, 3.8) is 0 Å². The van der Waals surface area contributed by atoms with Crippen LogP contribution in [0, 0.1) is 11.3 Å². The Morgan fingerprint density at radius 3 is 2.88 bits per heavy atom. The van der Waals surface area contributed by atoms with Gasteiger partial charge in [-0.3, -0.25) is 4.90 Å². The first-order chi connectivity index (χ1) is 8.04. The highest BCUT2D eigenvalue weighted by Gasteiger charge is 2.35. The third-order valence-electron chi connectivity index (χ3n) is 3.09. The first kappa shape index (κ1) is 12.7. The lowest BCUT2D eigenvalue weighted by Crippen LogP contribution is -2.31. The SMILES string of the molecule is CN(CC#N)[C@H]1c2cc(Cl)cc(Cl)c2C[C@H]1O. The molecule has 0 aliphatic heterocycles. The minimum Gasteiger partial charge on any atom is -0.391 e. The lowest BCUT2D eigenvalue weighted by Gasteiger charge is -2.25. The number of nitrogens with zero attached hydrogens (tertiary/aromatic N) is 2. The van der Waals surface area contributed by atoms with Crippen molar-refractivity contribution in [2.45, 2.75) is 18.6 Å². The maximum absolute atomic E-state index is 10.1. The lowest BCUT2D eigenvalue weighted by molar-refractivity contribution is 0.0835. The quantitative estimate of drug-likeness (QED) is 0.840. The van der Waals surface area contributed by atoms with Crippen LogP contribution in [-0.2, 0) is 6.42 Å². The van der Waals surface area contributed by atoms with Gasteiger partial charge in [0, 0.05) is 16.5 Å². The molecular weight excluding hydrogens is 259 g/mol. The minimum absolute atomic E-state index is 0.208. The molecule has 0 unspecified atom stereocenters. The Morgan fingerprint density at radius 1 is 1.53 bits per heavy atom. The van der Waals surface area contributed by atoms with Gasteiger partial charge < -0.3 is 5.11 Å². The van der Waals surface area contributed by atoms with Crippen LogP contribution in [0.25, 0.3) is 0 Å². The Kier molecular flexibility index (Phi) is 3.60. The Labute approximate surface area is 110 Å². The standard InChI is InChI=1S/C12H12Cl2N2O/c1-16(3-2-15)12-9-4-7(13)5-10(14)8(9)6-11(12)17/h4-5,11-12,17H,3,6H2,1H3/t11-,12+/m1/s1. The molecule has 0 spiro atoms. The van der Waals surface area contributed by atoms with Gasteiger partial charge in [-0.15, -0.1) is 0 Å². The zero-order valence-corrected chi connectivity index (χ0v) is 10.8. The van der Waals surface area contributed by atoms with E-state index >= 15 is 0 Å². The van der Waals surface area contributed by atoms with E-state index in [9.17, 15) is 5.11 Å². The molecule has 17 heavy (non-hydrogen) atoms. The van der Waals surface area contributed by atoms with Crippen LogP contribution in [0.5, 0.6) is 0 Å². The van der Waals surface area contributed by atoms with Crippen molar-refractivity contribution in [3.05, 3.63) is 33.3 Å². The zero-order valence-electron chi connectivity index (χ0n) is 9.32. The third-order valence-corrected chi connectivity index (χ3v) is 3.64. The van der Waals surface area contributed by atoms with Gasteiger partial charge in [-0.05, 0) is 30.3 Å². The molecule has 0 fully saturated rings. The van der Waals surface area contributed by atoms with Gasteiger partial charge >= 0.3 is 0 Å². The first-order valence-corrected chi connectivity index (χ1v) is 6.03. The van der Waals surface area contributed by atoms with E-state index in [0.717, 1.165) is 11.1 Å². The molecule has 0 amide bonds. The second kappa shape index (κ2) is 4.83. The number of halogens is 2. The molecular formula is C12H12Cl2N2O. The molecule has 1 aromatic rings. The Hall–Kier alpha value is -0.790. The molecule has 90 valence electrons. The van der Waals surface area contributed by atoms with Crippen molar-refractivity contribution in [2.75, 3.05) is 13.6 Å². The molecule has 0 aromatic heterocycles. The third kappa shape index (κ3) is 2.27.